The SMILES string of the molecule is Cc1ccc(S(=O)(=O)NC(=O)c2nc(N)c3[nH]c(=O)n(Cc4ccccc4)c3n2)cc1. The summed E-state index contributed by atoms with van der Waals surface area (Å²) in [5.74, 6) is -1.68. The fourth-order valence-electron chi connectivity index (χ4n) is 3.01. The summed E-state index contributed by atoms with van der Waals surface area (Å²) in [7, 11) is -4.14. The maximum Gasteiger partial charge on any atom is 0.328 e. The van der Waals surface area contributed by atoms with Crippen molar-refractivity contribution in [2.45, 2.75) is 18.4 Å². The third-order valence-electron chi connectivity index (χ3n) is 4.60. The van der Waals surface area contributed by atoms with Gasteiger partial charge in [0.25, 0.3) is 10.0 Å². The summed E-state index contributed by atoms with van der Waals surface area (Å²) >= 11 is 0. The van der Waals surface area contributed by atoms with E-state index >= 15 is 0 Å². The number of H-pyrrole nitrogens is 1. The highest BCUT2D eigenvalue weighted by Crippen LogP contribution is 2.16. The molecule has 0 spiro atoms. The molecular formula is C20H18N6O4S. The molecule has 31 heavy (non-hydrogen) atoms. The van der Waals surface area contributed by atoms with Crippen LogP contribution >= 0.6 is 0 Å². The number of nitrogens with zero attached hydrogens (tertiary/aromatic N) is 3. The number of hydrogen-bond acceptors (Lipinski definition) is 7. The third-order valence-corrected chi connectivity index (χ3v) is 5.94. The number of nitrogens with two attached hydrogens (primary N) is 1. The average molecular weight is 438 g/mol. The van der Waals surface area contributed by atoms with E-state index in [9.17, 15) is 18.0 Å². The van der Waals surface area contributed by atoms with Crippen molar-refractivity contribution in [1.29, 1.82) is 0 Å². The quantitative estimate of drug-likeness (QED) is 0.423. The van der Waals surface area contributed by atoms with Crippen LogP contribution in [0.5, 0.6) is 0 Å². The Bertz CT molecular complexity index is 1440. The van der Waals surface area contributed by atoms with Gasteiger partial charge in [0.1, 0.15) is 5.52 Å². The predicted octanol–water partition coefficient (Wildman–Crippen LogP) is 1.18. The number of anilines is 1. The van der Waals surface area contributed by atoms with E-state index in [-0.39, 0.29) is 28.4 Å². The van der Waals surface area contributed by atoms with E-state index in [1.54, 1.807) is 12.1 Å². The van der Waals surface area contributed by atoms with Crippen LogP contribution in [-0.2, 0) is 16.6 Å². The monoisotopic (exact) mass is 438 g/mol. The third kappa shape index (κ3) is 4.03. The molecule has 0 bridgehead atoms. The highest BCUT2D eigenvalue weighted by atomic mass is 32.2. The molecule has 0 radical (unpaired) electrons. The van der Waals surface area contributed by atoms with Crippen LogP contribution in [0, 0.1) is 6.92 Å². The normalized spacial score (nSPS) is 11.5. The molecule has 4 aromatic rings. The standard InChI is InChI=1S/C20H18N6O4S/c1-12-7-9-14(10-8-12)31(29,30)25-19(27)17-23-16(21)15-18(24-17)26(20(28)22-15)11-13-5-3-2-4-6-13/h2-10H,11H2,1H3,(H,22,28)(H,25,27)(H2,21,23,24). The van der Waals surface area contributed by atoms with Gasteiger partial charge in [0.2, 0.25) is 5.82 Å². The molecule has 2 heterocycles. The van der Waals surface area contributed by atoms with Crippen molar-refractivity contribution < 1.29 is 13.2 Å². The number of aromatic nitrogens is 4. The summed E-state index contributed by atoms with van der Waals surface area (Å²) in [5.41, 5.74) is 7.38. The molecule has 0 atom stereocenters. The molecule has 0 unspecified atom stereocenters. The Morgan fingerprint density at radius 2 is 1.77 bits per heavy atom. The number of fused-ring (bicyclic) bond motifs is 1. The average Bonchev–Trinajstić information content (AvgIpc) is 3.05. The Morgan fingerprint density at radius 1 is 1.10 bits per heavy atom. The van der Waals surface area contributed by atoms with Gasteiger partial charge in [-0.1, -0.05) is 48.0 Å². The zero-order valence-corrected chi connectivity index (χ0v) is 17.2. The number of nitrogen functional groups attached to an aromatic ring is 1. The molecule has 10 nitrogen and oxygen atoms in total. The predicted molar refractivity (Wildman–Crippen MR) is 114 cm³/mol. The molecular weight excluding hydrogens is 420 g/mol. The molecule has 2 aromatic heterocycles. The van der Waals surface area contributed by atoms with Crippen LogP contribution in [-0.4, -0.2) is 33.8 Å². The fraction of sp³-hybridized carbons (Fsp3) is 0.100. The van der Waals surface area contributed by atoms with E-state index < -0.39 is 27.4 Å². The van der Waals surface area contributed by atoms with Crippen molar-refractivity contribution in [2.75, 3.05) is 5.73 Å². The molecule has 2 aromatic carbocycles. The van der Waals surface area contributed by atoms with Crippen LogP contribution in [0.15, 0.2) is 64.3 Å². The molecule has 0 aliphatic carbocycles. The minimum Gasteiger partial charge on any atom is -0.382 e. The first-order chi connectivity index (χ1) is 14.7. The van der Waals surface area contributed by atoms with E-state index in [4.69, 9.17) is 5.73 Å². The van der Waals surface area contributed by atoms with Crippen LogP contribution in [0.4, 0.5) is 5.82 Å². The molecule has 0 fully saturated rings. The molecule has 0 aliphatic heterocycles. The van der Waals surface area contributed by atoms with Gasteiger partial charge in [-0.15, -0.1) is 0 Å². The summed E-state index contributed by atoms with van der Waals surface area (Å²) < 4.78 is 28.2. The number of hydrogen-bond donors (Lipinski definition) is 3. The molecule has 4 rings (SSSR count). The van der Waals surface area contributed by atoms with Gasteiger partial charge in [-0.3, -0.25) is 9.36 Å². The van der Waals surface area contributed by atoms with Gasteiger partial charge in [-0.05, 0) is 24.6 Å². The number of rotatable bonds is 5. The number of sulfonamides is 1. The lowest BCUT2D eigenvalue weighted by molar-refractivity contribution is 0.0971. The second kappa shape index (κ2) is 7.69. The van der Waals surface area contributed by atoms with E-state index in [2.05, 4.69) is 15.0 Å². The number of aryl methyl sites for hydroxylation is 1. The summed E-state index contributed by atoms with van der Waals surface area (Å²) in [4.78, 5) is 35.5. The summed E-state index contributed by atoms with van der Waals surface area (Å²) in [6, 6.07) is 15.2. The van der Waals surface area contributed by atoms with Gasteiger partial charge in [-0.25, -0.2) is 27.9 Å². The lowest BCUT2D eigenvalue weighted by Crippen LogP contribution is -2.32. The number of carbonyl (C=O) groups excluding carboxylic acids is 1. The van der Waals surface area contributed by atoms with Gasteiger partial charge < -0.3 is 10.7 Å². The minimum atomic E-state index is -4.14. The Morgan fingerprint density at radius 3 is 2.45 bits per heavy atom. The largest absolute Gasteiger partial charge is 0.382 e. The number of amides is 1. The van der Waals surface area contributed by atoms with Crippen molar-refractivity contribution >= 4 is 32.9 Å². The highest BCUT2D eigenvalue weighted by Gasteiger charge is 2.23. The van der Waals surface area contributed by atoms with Crippen LogP contribution in [0.25, 0.3) is 11.2 Å². The molecule has 11 heteroatoms. The lowest BCUT2D eigenvalue weighted by Gasteiger charge is -2.08. The lowest BCUT2D eigenvalue weighted by atomic mass is 10.2. The number of benzene rings is 2. The molecule has 0 saturated carbocycles. The van der Waals surface area contributed by atoms with Crippen LogP contribution in [0.1, 0.15) is 21.7 Å². The van der Waals surface area contributed by atoms with Crippen LogP contribution in [0.2, 0.25) is 0 Å². The maximum absolute atomic E-state index is 12.6. The first-order valence-electron chi connectivity index (χ1n) is 9.18. The number of nitrogens with one attached hydrogen (secondary N) is 2. The molecule has 4 N–H and O–H groups in total. The van der Waals surface area contributed by atoms with Crippen LogP contribution < -0.4 is 16.1 Å². The Labute approximate surface area is 176 Å². The van der Waals surface area contributed by atoms with Crippen molar-refractivity contribution in [3.63, 3.8) is 0 Å². The number of carbonyl (C=O) groups is 1. The van der Waals surface area contributed by atoms with E-state index in [0.29, 0.717) is 0 Å². The smallest absolute Gasteiger partial charge is 0.328 e. The second-order valence-corrected chi connectivity index (χ2v) is 8.56. The van der Waals surface area contributed by atoms with Gasteiger partial charge in [0.05, 0.1) is 11.4 Å². The molecule has 0 aliphatic rings. The maximum atomic E-state index is 12.6. The molecule has 158 valence electrons. The van der Waals surface area contributed by atoms with Gasteiger partial charge in [0.15, 0.2) is 11.5 Å². The van der Waals surface area contributed by atoms with Gasteiger partial charge in [-0.2, -0.15) is 0 Å². The topological polar surface area (TPSA) is 153 Å². The molecule has 0 saturated heterocycles. The fourth-order valence-corrected chi connectivity index (χ4v) is 3.96. The van der Waals surface area contributed by atoms with E-state index in [1.807, 2.05) is 42.0 Å². The zero-order chi connectivity index (χ0) is 22.2. The summed E-state index contributed by atoms with van der Waals surface area (Å²) in [6.45, 7) is 1.99. The first kappa shape index (κ1) is 20.3. The Hall–Kier alpha value is -3.99. The number of imidazole rings is 1. The van der Waals surface area contributed by atoms with E-state index in [0.717, 1.165) is 11.1 Å². The Kier molecular flexibility index (Phi) is 5.03. The zero-order valence-electron chi connectivity index (χ0n) is 16.4. The second-order valence-electron chi connectivity index (χ2n) is 6.88. The van der Waals surface area contributed by atoms with E-state index in [1.165, 1.54) is 16.7 Å². The van der Waals surface area contributed by atoms with Crippen molar-refractivity contribution in [3.8, 4) is 0 Å². The van der Waals surface area contributed by atoms with Crippen molar-refractivity contribution in [3.05, 3.63) is 82.0 Å². The highest BCUT2D eigenvalue weighted by molar-refractivity contribution is 7.90. The van der Waals surface area contributed by atoms with Crippen molar-refractivity contribution in [2.24, 2.45) is 0 Å². The van der Waals surface area contributed by atoms with Gasteiger partial charge in [0, 0.05) is 0 Å². The van der Waals surface area contributed by atoms with Crippen molar-refractivity contribution in [1.82, 2.24) is 24.2 Å². The Balaban J connectivity index is 1.71. The van der Waals surface area contributed by atoms with Gasteiger partial charge >= 0.3 is 11.6 Å². The summed E-state index contributed by atoms with van der Waals surface area (Å²) in [5, 5.41) is 0. The molecule has 1 amide bonds. The number of aromatic amines is 1. The summed E-state index contributed by atoms with van der Waals surface area (Å²) in [6.07, 6.45) is 0. The first-order valence-corrected chi connectivity index (χ1v) is 10.7. The minimum absolute atomic E-state index is 0.0804. The van der Waals surface area contributed by atoms with Crippen LogP contribution in [0.3, 0.4) is 0 Å².